The highest BCUT2D eigenvalue weighted by atomic mass is 16.1. The summed E-state index contributed by atoms with van der Waals surface area (Å²) in [6.07, 6.45) is 15.9. The lowest BCUT2D eigenvalue weighted by atomic mass is 9.49. The molecule has 0 spiro atoms. The molecule has 4 saturated carbocycles. The van der Waals surface area contributed by atoms with Crippen molar-refractivity contribution in [2.45, 2.75) is 57.8 Å². The number of terminal acetylenes is 1. The Balaban J connectivity index is 1.52. The van der Waals surface area contributed by atoms with Gasteiger partial charge in [0.15, 0.2) is 0 Å². The van der Waals surface area contributed by atoms with Crippen molar-refractivity contribution in [1.29, 1.82) is 0 Å². The zero-order valence-electron chi connectivity index (χ0n) is 11.8. The van der Waals surface area contributed by atoms with E-state index in [0.29, 0.717) is 5.41 Å². The molecule has 0 aliphatic heterocycles. The fraction of sp³-hybridized carbons (Fsp3) is 0.824. The third-order valence-corrected chi connectivity index (χ3v) is 5.52. The minimum atomic E-state index is 0.263. The molecule has 0 unspecified atom stereocenters. The number of hydrogen-bond donors (Lipinski definition) is 1. The van der Waals surface area contributed by atoms with Crippen LogP contribution in [0.3, 0.4) is 0 Å². The first-order valence-electron chi connectivity index (χ1n) is 7.89. The van der Waals surface area contributed by atoms with E-state index in [-0.39, 0.29) is 5.91 Å². The number of rotatable bonds is 5. The van der Waals surface area contributed by atoms with Gasteiger partial charge >= 0.3 is 0 Å². The van der Waals surface area contributed by atoms with Crippen molar-refractivity contribution in [1.82, 2.24) is 5.32 Å². The Morgan fingerprint density at radius 1 is 1.16 bits per heavy atom. The van der Waals surface area contributed by atoms with Crippen LogP contribution in [0.1, 0.15) is 57.8 Å². The summed E-state index contributed by atoms with van der Waals surface area (Å²) in [5.41, 5.74) is 0.366. The topological polar surface area (TPSA) is 29.1 Å². The van der Waals surface area contributed by atoms with Gasteiger partial charge < -0.3 is 5.32 Å². The largest absolute Gasteiger partial charge is 0.356 e. The summed E-state index contributed by atoms with van der Waals surface area (Å²) in [5.74, 6) is 5.67. The summed E-state index contributed by atoms with van der Waals surface area (Å²) < 4.78 is 0. The fourth-order valence-electron chi connectivity index (χ4n) is 5.33. The maximum atomic E-state index is 12.1. The SMILES string of the molecule is C#CCCCNC(=O)CC12CC3CC(CC(C3)C1)C2. The Bertz CT molecular complexity index is 357. The minimum absolute atomic E-state index is 0.263. The number of hydrogen-bond acceptors (Lipinski definition) is 1. The summed E-state index contributed by atoms with van der Waals surface area (Å²) in [7, 11) is 0. The van der Waals surface area contributed by atoms with Gasteiger partial charge in [-0.05, 0) is 68.1 Å². The highest BCUT2D eigenvalue weighted by Gasteiger charge is 2.51. The van der Waals surface area contributed by atoms with Gasteiger partial charge in [0, 0.05) is 19.4 Å². The van der Waals surface area contributed by atoms with Crippen LogP contribution >= 0.6 is 0 Å². The fourth-order valence-corrected chi connectivity index (χ4v) is 5.33. The van der Waals surface area contributed by atoms with Crippen LogP contribution in [-0.2, 0) is 4.79 Å². The lowest BCUT2D eigenvalue weighted by Crippen LogP contribution is -2.48. The number of carbonyl (C=O) groups is 1. The molecular formula is C17H25NO. The molecule has 0 aromatic carbocycles. The third kappa shape index (κ3) is 2.81. The molecule has 0 radical (unpaired) electrons. The van der Waals surface area contributed by atoms with E-state index in [1.54, 1.807) is 0 Å². The standard InChI is InChI=1S/C17H25NO/c1-2-3-4-5-18-16(19)12-17-9-13-6-14(10-17)8-15(7-13)11-17/h1,13-15H,3-12H2,(H,18,19). The quantitative estimate of drug-likeness (QED) is 0.596. The molecule has 4 rings (SSSR count). The van der Waals surface area contributed by atoms with Crippen LogP contribution in [-0.4, -0.2) is 12.5 Å². The number of unbranched alkanes of at least 4 members (excludes halogenated alkanes) is 1. The first kappa shape index (κ1) is 13.0. The van der Waals surface area contributed by atoms with Crippen LogP contribution in [0.5, 0.6) is 0 Å². The van der Waals surface area contributed by atoms with Gasteiger partial charge in [0.05, 0.1) is 0 Å². The van der Waals surface area contributed by atoms with Crippen molar-refractivity contribution in [2.75, 3.05) is 6.54 Å². The predicted molar refractivity (Wildman–Crippen MR) is 76.3 cm³/mol. The molecule has 104 valence electrons. The van der Waals surface area contributed by atoms with Crippen LogP contribution in [0.4, 0.5) is 0 Å². The molecule has 19 heavy (non-hydrogen) atoms. The maximum Gasteiger partial charge on any atom is 0.220 e. The lowest BCUT2D eigenvalue weighted by molar-refractivity contribution is -0.129. The predicted octanol–water partition coefficient (Wildman–Crippen LogP) is 3.12. The van der Waals surface area contributed by atoms with Gasteiger partial charge in [0.25, 0.3) is 0 Å². The van der Waals surface area contributed by atoms with Crippen molar-refractivity contribution >= 4 is 5.91 Å². The summed E-state index contributed by atoms with van der Waals surface area (Å²) in [6.45, 7) is 0.745. The molecule has 4 fully saturated rings. The van der Waals surface area contributed by atoms with Crippen LogP contribution in [0, 0.1) is 35.5 Å². The molecule has 2 nitrogen and oxygen atoms in total. The molecular weight excluding hydrogens is 234 g/mol. The smallest absolute Gasteiger partial charge is 0.220 e. The molecule has 0 atom stereocenters. The van der Waals surface area contributed by atoms with E-state index in [1.807, 2.05) is 0 Å². The van der Waals surface area contributed by atoms with Gasteiger partial charge in [-0.25, -0.2) is 0 Å². The van der Waals surface area contributed by atoms with Crippen molar-refractivity contribution in [3.63, 3.8) is 0 Å². The van der Waals surface area contributed by atoms with Crippen LogP contribution in [0.15, 0.2) is 0 Å². The van der Waals surface area contributed by atoms with Crippen molar-refractivity contribution in [2.24, 2.45) is 23.2 Å². The zero-order chi connectivity index (χ0) is 13.3. The summed E-state index contributed by atoms with van der Waals surface area (Å²) in [6, 6.07) is 0. The second-order valence-corrected chi connectivity index (χ2v) is 7.25. The summed E-state index contributed by atoms with van der Waals surface area (Å²) in [5, 5.41) is 3.06. The Morgan fingerprint density at radius 3 is 2.26 bits per heavy atom. The van der Waals surface area contributed by atoms with Crippen LogP contribution in [0.2, 0.25) is 0 Å². The average molecular weight is 259 g/mol. The minimum Gasteiger partial charge on any atom is -0.356 e. The van der Waals surface area contributed by atoms with Gasteiger partial charge in [0.2, 0.25) is 5.91 Å². The molecule has 4 bridgehead atoms. The van der Waals surface area contributed by atoms with E-state index in [2.05, 4.69) is 11.2 Å². The second-order valence-electron chi connectivity index (χ2n) is 7.25. The Labute approximate surface area is 116 Å². The Hall–Kier alpha value is -0.970. The van der Waals surface area contributed by atoms with E-state index in [9.17, 15) is 4.79 Å². The first-order chi connectivity index (χ1) is 9.19. The van der Waals surface area contributed by atoms with Crippen molar-refractivity contribution in [3.05, 3.63) is 0 Å². The highest BCUT2D eigenvalue weighted by Crippen LogP contribution is 2.61. The molecule has 0 aromatic heterocycles. The Morgan fingerprint density at radius 2 is 1.74 bits per heavy atom. The molecule has 0 aromatic rings. The Kier molecular flexibility index (Phi) is 3.56. The molecule has 1 N–H and O–H groups in total. The summed E-state index contributed by atoms with van der Waals surface area (Å²) in [4.78, 5) is 12.1. The molecule has 4 aliphatic carbocycles. The van der Waals surface area contributed by atoms with Gasteiger partial charge in [-0.15, -0.1) is 12.3 Å². The third-order valence-electron chi connectivity index (χ3n) is 5.52. The number of nitrogens with one attached hydrogen (secondary N) is 1. The van der Waals surface area contributed by atoms with Crippen LogP contribution < -0.4 is 5.32 Å². The van der Waals surface area contributed by atoms with Crippen LogP contribution in [0.25, 0.3) is 0 Å². The van der Waals surface area contributed by atoms with E-state index >= 15 is 0 Å². The van der Waals surface area contributed by atoms with E-state index in [4.69, 9.17) is 6.42 Å². The molecule has 0 saturated heterocycles. The lowest BCUT2D eigenvalue weighted by Gasteiger charge is -2.56. The summed E-state index contributed by atoms with van der Waals surface area (Å²) >= 11 is 0. The van der Waals surface area contributed by atoms with Crippen molar-refractivity contribution < 1.29 is 4.79 Å². The van der Waals surface area contributed by atoms with Gasteiger partial charge in [0.1, 0.15) is 0 Å². The first-order valence-corrected chi connectivity index (χ1v) is 7.89. The maximum absolute atomic E-state index is 12.1. The monoisotopic (exact) mass is 259 g/mol. The molecule has 4 aliphatic rings. The van der Waals surface area contributed by atoms with Gasteiger partial charge in [-0.3, -0.25) is 4.79 Å². The number of carbonyl (C=O) groups excluding carboxylic acids is 1. The molecule has 0 heterocycles. The van der Waals surface area contributed by atoms with E-state index in [1.165, 1.54) is 38.5 Å². The van der Waals surface area contributed by atoms with Gasteiger partial charge in [-0.2, -0.15) is 0 Å². The highest BCUT2D eigenvalue weighted by molar-refractivity contribution is 5.76. The molecule has 2 heteroatoms. The van der Waals surface area contributed by atoms with E-state index in [0.717, 1.165) is 43.6 Å². The van der Waals surface area contributed by atoms with Gasteiger partial charge in [-0.1, -0.05) is 0 Å². The normalized spacial score (nSPS) is 39.0. The average Bonchev–Trinajstić information content (AvgIpc) is 2.32. The second kappa shape index (κ2) is 5.19. The zero-order valence-corrected chi connectivity index (χ0v) is 11.8. The number of amides is 1. The van der Waals surface area contributed by atoms with Crippen molar-refractivity contribution in [3.8, 4) is 12.3 Å². The van der Waals surface area contributed by atoms with E-state index < -0.39 is 0 Å². The molecule has 1 amide bonds.